The largest absolute Gasteiger partial charge is 0.497 e. The molecule has 0 saturated heterocycles. The monoisotopic (exact) mass is 358 g/mol. The Morgan fingerprint density at radius 2 is 1.84 bits per heavy atom. The fourth-order valence-corrected chi connectivity index (χ4v) is 3.54. The number of rotatable bonds is 7. The summed E-state index contributed by atoms with van der Waals surface area (Å²) >= 11 is 0. The van der Waals surface area contributed by atoms with Crippen molar-refractivity contribution in [3.05, 3.63) is 54.1 Å². The Labute approximate surface area is 147 Å². The van der Waals surface area contributed by atoms with Crippen LogP contribution in [0, 0.1) is 11.3 Å². The summed E-state index contributed by atoms with van der Waals surface area (Å²) in [6.07, 6.45) is 0.240. The highest BCUT2D eigenvalue weighted by atomic mass is 32.2. The summed E-state index contributed by atoms with van der Waals surface area (Å²) in [7, 11) is -1.95. The maximum absolute atomic E-state index is 12.3. The summed E-state index contributed by atoms with van der Waals surface area (Å²) in [4.78, 5) is 12.2. The van der Waals surface area contributed by atoms with Gasteiger partial charge < -0.3 is 10.1 Å². The van der Waals surface area contributed by atoms with Crippen molar-refractivity contribution < 1.29 is 17.9 Å². The van der Waals surface area contributed by atoms with Gasteiger partial charge in [0, 0.05) is 6.42 Å². The number of nitriles is 1. The normalized spacial score (nSPS) is 10.7. The Hall–Kier alpha value is -2.85. The van der Waals surface area contributed by atoms with E-state index in [0.717, 1.165) is 0 Å². The average molecular weight is 358 g/mol. The summed E-state index contributed by atoms with van der Waals surface area (Å²) in [5.74, 6) is 0.120. The Morgan fingerprint density at radius 3 is 2.48 bits per heavy atom. The second-order valence-corrected chi connectivity index (χ2v) is 7.41. The lowest BCUT2D eigenvalue weighted by atomic mass is 10.2. The van der Waals surface area contributed by atoms with E-state index in [1.54, 1.807) is 36.4 Å². The van der Waals surface area contributed by atoms with E-state index in [9.17, 15) is 13.2 Å². The van der Waals surface area contributed by atoms with Gasteiger partial charge in [0.05, 0.1) is 29.0 Å². The van der Waals surface area contributed by atoms with E-state index >= 15 is 0 Å². The number of hydrogen-bond donors (Lipinski definition) is 1. The number of methoxy groups -OCH3 is 1. The van der Waals surface area contributed by atoms with Gasteiger partial charge in [-0.05, 0) is 42.8 Å². The van der Waals surface area contributed by atoms with Gasteiger partial charge in [0.25, 0.3) is 0 Å². The van der Waals surface area contributed by atoms with Crippen LogP contribution in [0.2, 0.25) is 0 Å². The molecular formula is C18H18N2O4S. The van der Waals surface area contributed by atoms with Crippen LogP contribution in [-0.4, -0.2) is 27.2 Å². The predicted octanol–water partition coefficient (Wildman–Crippen LogP) is 2.76. The van der Waals surface area contributed by atoms with Crippen molar-refractivity contribution in [1.82, 2.24) is 0 Å². The molecule has 0 bridgehead atoms. The summed E-state index contributed by atoms with van der Waals surface area (Å²) in [6, 6.07) is 14.8. The SMILES string of the molecule is COc1ccc(S(=O)(=O)CCCC(=O)Nc2ccccc2C#N)cc1. The molecule has 2 rings (SSSR count). The fourth-order valence-electron chi connectivity index (χ4n) is 2.23. The van der Waals surface area contributed by atoms with Gasteiger partial charge in [-0.25, -0.2) is 8.42 Å². The lowest BCUT2D eigenvalue weighted by Gasteiger charge is -2.08. The zero-order chi connectivity index (χ0) is 18.3. The standard InChI is InChI=1S/C18H18N2O4S/c1-24-15-8-10-16(11-9-15)25(22,23)12-4-7-18(21)20-17-6-3-2-5-14(17)13-19/h2-3,5-6,8-11H,4,7,12H2,1H3,(H,20,21). The minimum atomic E-state index is -3.45. The molecule has 6 nitrogen and oxygen atoms in total. The molecule has 2 aromatic rings. The van der Waals surface area contributed by atoms with Crippen molar-refractivity contribution in [3.8, 4) is 11.8 Å². The summed E-state index contributed by atoms with van der Waals surface area (Å²) in [5, 5.41) is 11.6. The number of hydrogen-bond acceptors (Lipinski definition) is 5. The third-order valence-electron chi connectivity index (χ3n) is 3.56. The average Bonchev–Trinajstić information content (AvgIpc) is 2.62. The first-order valence-electron chi connectivity index (χ1n) is 7.62. The number of sulfone groups is 1. The predicted molar refractivity (Wildman–Crippen MR) is 94.1 cm³/mol. The minimum absolute atomic E-state index is 0.0507. The van der Waals surface area contributed by atoms with Gasteiger partial charge in [-0.2, -0.15) is 5.26 Å². The van der Waals surface area contributed by atoms with Crippen molar-refractivity contribution in [2.24, 2.45) is 0 Å². The molecule has 25 heavy (non-hydrogen) atoms. The van der Waals surface area contributed by atoms with Crippen LogP contribution in [0.3, 0.4) is 0 Å². The number of para-hydroxylation sites is 1. The molecule has 0 atom stereocenters. The van der Waals surface area contributed by atoms with Crippen LogP contribution < -0.4 is 10.1 Å². The van der Waals surface area contributed by atoms with Crippen LogP contribution in [-0.2, 0) is 14.6 Å². The number of ether oxygens (including phenoxy) is 1. The summed E-state index contributed by atoms with van der Waals surface area (Å²) in [6.45, 7) is 0. The second-order valence-electron chi connectivity index (χ2n) is 5.30. The maximum Gasteiger partial charge on any atom is 0.224 e. The van der Waals surface area contributed by atoms with E-state index < -0.39 is 9.84 Å². The van der Waals surface area contributed by atoms with Gasteiger partial charge in [-0.3, -0.25) is 4.79 Å². The highest BCUT2D eigenvalue weighted by Crippen LogP contribution is 2.18. The van der Waals surface area contributed by atoms with Crippen molar-refractivity contribution >= 4 is 21.4 Å². The lowest BCUT2D eigenvalue weighted by molar-refractivity contribution is -0.116. The molecule has 7 heteroatoms. The molecule has 0 aliphatic rings. The van der Waals surface area contributed by atoms with Gasteiger partial charge >= 0.3 is 0 Å². The van der Waals surface area contributed by atoms with Crippen LogP contribution in [0.1, 0.15) is 18.4 Å². The van der Waals surface area contributed by atoms with Gasteiger partial charge in [0.2, 0.25) is 5.91 Å². The van der Waals surface area contributed by atoms with Crippen molar-refractivity contribution in [2.75, 3.05) is 18.2 Å². The summed E-state index contributed by atoms with van der Waals surface area (Å²) in [5.41, 5.74) is 0.787. The number of nitrogens with one attached hydrogen (secondary N) is 1. The molecule has 1 amide bonds. The molecule has 2 aromatic carbocycles. The number of amides is 1. The highest BCUT2D eigenvalue weighted by molar-refractivity contribution is 7.91. The number of nitrogens with zero attached hydrogens (tertiary/aromatic N) is 1. The molecule has 0 heterocycles. The Kier molecular flexibility index (Phi) is 6.14. The molecule has 0 radical (unpaired) electrons. The van der Waals surface area contributed by atoms with Crippen molar-refractivity contribution in [2.45, 2.75) is 17.7 Å². The maximum atomic E-state index is 12.3. The molecule has 1 N–H and O–H groups in total. The van der Waals surface area contributed by atoms with Gasteiger partial charge in [-0.15, -0.1) is 0 Å². The molecule has 0 saturated carbocycles. The third kappa shape index (κ3) is 5.06. The van der Waals surface area contributed by atoms with E-state index in [-0.39, 0.29) is 29.4 Å². The number of anilines is 1. The Balaban J connectivity index is 1.90. The smallest absolute Gasteiger partial charge is 0.224 e. The zero-order valence-corrected chi connectivity index (χ0v) is 14.5. The number of carbonyl (C=O) groups excluding carboxylic acids is 1. The summed E-state index contributed by atoms with van der Waals surface area (Å²) < 4.78 is 29.5. The van der Waals surface area contributed by atoms with Gasteiger partial charge in [0.1, 0.15) is 11.8 Å². The zero-order valence-electron chi connectivity index (χ0n) is 13.7. The third-order valence-corrected chi connectivity index (χ3v) is 5.37. The lowest BCUT2D eigenvalue weighted by Crippen LogP contribution is -2.15. The van der Waals surface area contributed by atoms with Crippen LogP contribution >= 0.6 is 0 Å². The van der Waals surface area contributed by atoms with E-state index in [4.69, 9.17) is 10.00 Å². The van der Waals surface area contributed by atoms with E-state index in [1.807, 2.05) is 6.07 Å². The second kappa shape index (κ2) is 8.31. The quantitative estimate of drug-likeness (QED) is 0.821. The first kappa shape index (κ1) is 18.5. The first-order valence-corrected chi connectivity index (χ1v) is 9.27. The van der Waals surface area contributed by atoms with Crippen LogP contribution in [0.25, 0.3) is 0 Å². The van der Waals surface area contributed by atoms with Crippen LogP contribution in [0.15, 0.2) is 53.4 Å². The number of benzene rings is 2. The van der Waals surface area contributed by atoms with E-state index in [0.29, 0.717) is 17.0 Å². The molecule has 0 unspecified atom stereocenters. The molecule has 0 spiro atoms. The van der Waals surface area contributed by atoms with E-state index in [2.05, 4.69) is 5.32 Å². The fraction of sp³-hybridized carbons (Fsp3) is 0.222. The van der Waals surface area contributed by atoms with E-state index in [1.165, 1.54) is 19.2 Å². The van der Waals surface area contributed by atoms with Gasteiger partial charge in [0.15, 0.2) is 9.84 Å². The van der Waals surface area contributed by atoms with Crippen LogP contribution in [0.4, 0.5) is 5.69 Å². The van der Waals surface area contributed by atoms with Crippen molar-refractivity contribution in [3.63, 3.8) is 0 Å². The van der Waals surface area contributed by atoms with Crippen molar-refractivity contribution in [1.29, 1.82) is 5.26 Å². The Bertz CT molecular complexity index is 884. The molecular weight excluding hydrogens is 340 g/mol. The molecule has 0 aliphatic carbocycles. The molecule has 130 valence electrons. The van der Waals surface area contributed by atoms with Gasteiger partial charge in [-0.1, -0.05) is 12.1 Å². The molecule has 0 fully saturated rings. The Morgan fingerprint density at radius 1 is 1.16 bits per heavy atom. The molecule has 0 aliphatic heterocycles. The molecule has 0 aromatic heterocycles. The topological polar surface area (TPSA) is 96.3 Å². The highest BCUT2D eigenvalue weighted by Gasteiger charge is 2.15. The number of carbonyl (C=O) groups is 1. The minimum Gasteiger partial charge on any atom is -0.497 e. The van der Waals surface area contributed by atoms with Crippen LogP contribution in [0.5, 0.6) is 5.75 Å². The first-order chi connectivity index (χ1) is 12.0.